The van der Waals surface area contributed by atoms with Gasteiger partial charge in [-0.3, -0.25) is 4.90 Å². The number of hydrogen-bond acceptors (Lipinski definition) is 3. The Morgan fingerprint density at radius 1 is 1.29 bits per heavy atom. The highest BCUT2D eigenvalue weighted by Gasteiger charge is 2.36. The molecule has 0 aromatic heterocycles. The molecule has 1 fully saturated rings. The molecule has 5 heteroatoms. The molecular weight excluding hydrogens is 349 g/mol. The zero-order chi connectivity index (χ0) is 12.5. The van der Waals surface area contributed by atoms with Gasteiger partial charge in [0.1, 0.15) is 0 Å². The van der Waals surface area contributed by atoms with E-state index in [2.05, 4.69) is 27.5 Å². The third-order valence-electron chi connectivity index (χ3n) is 2.87. The fourth-order valence-corrected chi connectivity index (χ4v) is 3.61. The monoisotopic (exact) mass is 365 g/mol. The molecule has 3 nitrogen and oxygen atoms in total. The maximum atomic E-state index is 12.0. The Morgan fingerprint density at radius 2 is 1.88 bits per heavy atom. The van der Waals surface area contributed by atoms with Gasteiger partial charge in [-0.25, -0.2) is 8.42 Å². The van der Waals surface area contributed by atoms with Gasteiger partial charge in [-0.2, -0.15) is 0 Å². The molecule has 0 radical (unpaired) electrons. The highest BCUT2D eigenvalue weighted by Crippen LogP contribution is 2.33. The van der Waals surface area contributed by atoms with E-state index in [0.29, 0.717) is 4.90 Å². The normalized spacial score (nSPS) is 16.4. The maximum absolute atomic E-state index is 12.0. The molecule has 0 saturated heterocycles. The van der Waals surface area contributed by atoms with E-state index in [0.717, 1.165) is 29.5 Å². The van der Waals surface area contributed by atoms with Crippen LogP contribution >= 0.6 is 22.6 Å². The third kappa shape index (κ3) is 3.20. The van der Waals surface area contributed by atoms with Gasteiger partial charge in [-0.05, 0) is 37.6 Å². The number of rotatable bonds is 5. The fourth-order valence-electron chi connectivity index (χ4n) is 1.71. The first-order chi connectivity index (χ1) is 8.04. The summed E-state index contributed by atoms with van der Waals surface area (Å²) in [5.74, 6) is 0. The van der Waals surface area contributed by atoms with E-state index in [1.165, 1.54) is 0 Å². The first-order valence-electron chi connectivity index (χ1n) is 5.61. The van der Waals surface area contributed by atoms with Crippen molar-refractivity contribution in [3.63, 3.8) is 0 Å². The molecule has 1 aromatic rings. The summed E-state index contributed by atoms with van der Waals surface area (Å²) >= 11 is 2.31. The summed E-state index contributed by atoms with van der Waals surface area (Å²) in [4.78, 5) is 2.64. The van der Waals surface area contributed by atoms with Crippen molar-refractivity contribution in [3.8, 4) is 0 Å². The minimum Gasteiger partial charge on any atom is -0.293 e. The molecule has 0 N–H and O–H groups in total. The van der Waals surface area contributed by atoms with Gasteiger partial charge in [0.05, 0.1) is 14.7 Å². The number of hydrogen-bond donors (Lipinski definition) is 0. The molecule has 0 bridgehead atoms. The molecule has 1 aliphatic carbocycles. The van der Waals surface area contributed by atoms with Gasteiger partial charge < -0.3 is 0 Å². The summed E-state index contributed by atoms with van der Waals surface area (Å²) in [5.41, 5.74) is 1.15. The van der Waals surface area contributed by atoms with Crippen LogP contribution in [0.15, 0.2) is 29.2 Å². The maximum Gasteiger partial charge on any atom is 0.181 e. The van der Waals surface area contributed by atoms with E-state index in [9.17, 15) is 8.42 Å². The summed E-state index contributed by atoms with van der Waals surface area (Å²) in [6.45, 7) is 0.854. The number of nitrogens with zero attached hydrogens (tertiary/aromatic N) is 1. The molecule has 0 spiro atoms. The Labute approximate surface area is 116 Å². The van der Waals surface area contributed by atoms with Gasteiger partial charge in [-0.15, -0.1) is 0 Å². The third-order valence-corrected chi connectivity index (χ3v) is 6.31. The molecule has 0 heterocycles. The van der Waals surface area contributed by atoms with Gasteiger partial charge in [-0.1, -0.05) is 34.7 Å². The Bertz CT molecular complexity index is 480. The average molecular weight is 365 g/mol. The topological polar surface area (TPSA) is 37.4 Å². The first kappa shape index (κ1) is 13.3. The summed E-state index contributed by atoms with van der Waals surface area (Å²) in [6, 6.07) is 7.31. The average Bonchev–Trinajstić information content (AvgIpc) is 3.13. The summed E-state index contributed by atoms with van der Waals surface area (Å²) in [6.07, 6.45) is 1.64. The van der Waals surface area contributed by atoms with Crippen molar-refractivity contribution >= 4 is 32.4 Å². The highest BCUT2D eigenvalue weighted by molar-refractivity contribution is 14.1. The van der Waals surface area contributed by atoms with Crippen molar-refractivity contribution in [1.29, 1.82) is 0 Å². The standard InChI is InChI=1S/C12H16INO2S/c1-14(9-13)8-10-2-4-11(5-3-10)17(15,16)12-6-7-12/h2-5,12H,6-9H2,1H3. The van der Waals surface area contributed by atoms with E-state index in [4.69, 9.17) is 0 Å². The quantitative estimate of drug-likeness (QED) is 0.457. The summed E-state index contributed by atoms with van der Waals surface area (Å²) in [7, 11) is -0.989. The smallest absolute Gasteiger partial charge is 0.181 e. The number of sulfone groups is 1. The molecule has 1 aliphatic rings. The summed E-state index contributed by atoms with van der Waals surface area (Å²) < 4.78 is 24.9. The van der Waals surface area contributed by atoms with Crippen molar-refractivity contribution < 1.29 is 8.42 Å². The van der Waals surface area contributed by atoms with Crippen LogP contribution in [-0.4, -0.2) is 30.2 Å². The van der Waals surface area contributed by atoms with Crippen LogP contribution < -0.4 is 0 Å². The Morgan fingerprint density at radius 3 is 2.35 bits per heavy atom. The predicted molar refractivity (Wildman–Crippen MR) is 77.0 cm³/mol. The second kappa shape index (κ2) is 5.24. The zero-order valence-electron chi connectivity index (χ0n) is 9.77. The van der Waals surface area contributed by atoms with Crippen LogP contribution in [0, 0.1) is 0 Å². The largest absolute Gasteiger partial charge is 0.293 e. The van der Waals surface area contributed by atoms with Crippen molar-refractivity contribution in [1.82, 2.24) is 4.90 Å². The van der Waals surface area contributed by atoms with Crippen LogP contribution in [0.1, 0.15) is 18.4 Å². The van der Waals surface area contributed by atoms with E-state index < -0.39 is 9.84 Å². The molecule has 2 rings (SSSR count). The van der Waals surface area contributed by atoms with Crippen LogP contribution in [0.5, 0.6) is 0 Å². The van der Waals surface area contributed by atoms with Crippen LogP contribution in [0.2, 0.25) is 0 Å². The minimum atomic E-state index is -3.03. The van der Waals surface area contributed by atoms with Crippen LogP contribution in [-0.2, 0) is 16.4 Å². The number of benzene rings is 1. The molecular formula is C12H16INO2S. The highest BCUT2D eigenvalue weighted by atomic mass is 127. The van der Waals surface area contributed by atoms with Gasteiger partial charge in [0.15, 0.2) is 9.84 Å². The first-order valence-corrected chi connectivity index (χ1v) is 8.68. The van der Waals surface area contributed by atoms with Gasteiger partial charge >= 0.3 is 0 Å². The molecule has 94 valence electrons. The SMILES string of the molecule is CN(CI)Cc1ccc(S(=O)(=O)C2CC2)cc1. The minimum absolute atomic E-state index is 0.120. The van der Waals surface area contributed by atoms with Crippen molar-refractivity contribution in [2.24, 2.45) is 0 Å². The molecule has 0 amide bonds. The Kier molecular flexibility index (Phi) is 4.10. The Hall–Kier alpha value is -0.140. The number of halogens is 1. The van der Waals surface area contributed by atoms with Crippen molar-refractivity contribution in [2.75, 3.05) is 11.6 Å². The molecule has 0 aliphatic heterocycles. The lowest BCUT2D eigenvalue weighted by molar-refractivity contribution is 0.394. The lowest BCUT2D eigenvalue weighted by Crippen LogP contribution is -2.15. The second-order valence-electron chi connectivity index (χ2n) is 4.52. The van der Waals surface area contributed by atoms with Gasteiger partial charge in [0, 0.05) is 6.54 Å². The molecule has 1 aromatic carbocycles. The zero-order valence-corrected chi connectivity index (χ0v) is 12.7. The lowest BCUT2D eigenvalue weighted by Gasteiger charge is -2.13. The second-order valence-corrected chi connectivity index (χ2v) is 7.43. The van der Waals surface area contributed by atoms with Crippen LogP contribution in [0.25, 0.3) is 0 Å². The van der Waals surface area contributed by atoms with Crippen molar-refractivity contribution in [3.05, 3.63) is 29.8 Å². The van der Waals surface area contributed by atoms with E-state index in [-0.39, 0.29) is 5.25 Å². The lowest BCUT2D eigenvalue weighted by atomic mass is 10.2. The molecule has 0 unspecified atom stereocenters. The van der Waals surface area contributed by atoms with Crippen molar-refractivity contribution in [2.45, 2.75) is 29.5 Å². The van der Waals surface area contributed by atoms with Crippen LogP contribution in [0.3, 0.4) is 0 Å². The molecule has 1 saturated carbocycles. The van der Waals surface area contributed by atoms with E-state index in [1.54, 1.807) is 12.1 Å². The molecule has 0 atom stereocenters. The fraction of sp³-hybridized carbons (Fsp3) is 0.500. The van der Waals surface area contributed by atoms with E-state index >= 15 is 0 Å². The van der Waals surface area contributed by atoms with Gasteiger partial charge in [0.25, 0.3) is 0 Å². The molecule has 17 heavy (non-hydrogen) atoms. The summed E-state index contributed by atoms with van der Waals surface area (Å²) in [5, 5.41) is -0.120. The van der Waals surface area contributed by atoms with Gasteiger partial charge in [0.2, 0.25) is 0 Å². The Balaban J connectivity index is 2.13. The number of alkyl halides is 1. The van der Waals surface area contributed by atoms with E-state index in [1.807, 2.05) is 19.2 Å². The van der Waals surface area contributed by atoms with Crippen LogP contribution in [0.4, 0.5) is 0 Å². The predicted octanol–water partition coefficient (Wildman–Crippen LogP) is 2.45.